The molecule has 5 heteroatoms. The second-order valence-corrected chi connectivity index (χ2v) is 47.6. The van der Waals surface area contributed by atoms with Crippen LogP contribution in [0.4, 0.5) is 34.1 Å². The van der Waals surface area contributed by atoms with Crippen LogP contribution in [-0.2, 0) is 59.6 Å². The van der Waals surface area contributed by atoms with Gasteiger partial charge in [0.25, 0.3) is 6.71 Å². The molecular formula is C122H139BN4. The van der Waals surface area contributed by atoms with E-state index in [0.29, 0.717) is 56.2 Å². The quantitative estimate of drug-likeness (QED) is 0.141. The molecular weight excluding hydrogens is 1530 g/mol. The van der Waals surface area contributed by atoms with Crippen LogP contribution < -0.4 is 26.2 Å². The van der Waals surface area contributed by atoms with Crippen LogP contribution in [0, 0.1) is 0 Å². The van der Waals surface area contributed by atoms with Crippen molar-refractivity contribution in [3.05, 3.63) is 303 Å². The first-order valence-electron chi connectivity index (χ1n) is 54.1. The van der Waals surface area contributed by atoms with Gasteiger partial charge in [0.05, 0.1) is 56.7 Å². The van der Waals surface area contributed by atoms with Crippen LogP contribution in [0.25, 0.3) is 99.5 Å². The maximum absolute atomic E-state index is 11.9. The van der Waals surface area contributed by atoms with Crippen LogP contribution in [0.1, 0.15) is 313 Å². The Hall–Kier alpha value is -10.9. The lowest BCUT2D eigenvalue weighted by Gasteiger charge is -2.47. The maximum atomic E-state index is 11.9. The van der Waals surface area contributed by atoms with Crippen LogP contribution in [0.2, 0.25) is 0 Å². The third-order valence-corrected chi connectivity index (χ3v) is 26.3. The summed E-state index contributed by atoms with van der Waals surface area (Å²) in [6, 6.07) is 44.0. The number of fused-ring (bicyclic) bond motifs is 10. The molecule has 0 radical (unpaired) electrons. The molecule has 0 saturated heterocycles. The zero-order valence-corrected chi connectivity index (χ0v) is 81.6. The number of para-hydroxylation sites is 2. The molecule has 4 heterocycles. The summed E-state index contributed by atoms with van der Waals surface area (Å²) in [6.07, 6.45) is 0. The van der Waals surface area contributed by atoms with Gasteiger partial charge in [-0.1, -0.05) is 374 Å². The maximum Gasteiger partial charge on any atom is 0.252 e. The topological polar surface area (TPSA) is 16.3 Å². The van der Waals surface area contributed by atoms with Gasteiger partial charge in [0.15, 0.2) is 0 Å². The Kier molecular flexibility index (Phi) is 16.3. The van der Waals surface area contributed by atoms with Gasteiger partial charge in [-0.25, -0.2) is 0 Å². The van der Waals surface area contributed by atoms with E-state index in [1.807, 2.05) is 95.2 Å². The zero-order valence-electron chi connectivity index (χ0n) is 98.6. The van der Waals surface area contributed by atoms with Gasteiger partial charge in [-0.3, -0.25) is 0 Å². The van der Waals surface area contributed by atoms with Gasteiger partial charge in [0.1, 0.15) is 0 Å². The van der Waals surface area contributed by atoms with E-state index in [4.69, 9.17) is 0 Å². The largest absolute Gasteiger partial charge is 0.310 e. The van der Waals surface area contributed by atoms with Crippen molar-refractivity contribution in [2.45, 2.75) is 288 Å². The highest BCUT2D eigenvalue weighted by Gasteiger charge is 2.48. The summed E-state index contributed by atoms with van der Waals surface area (Å²) in [4.78, 5) is 4.48. The lowest BCUT2D eigenvalue weighted by Crippen LogP contribution is -2.61. The molecule has 0 amide bonds. The van der Waals surface area contributed by atoms with E-state index in [2.05, 4.69) is 287 Å². The normalized spacial score (nSPS) is 15.9. The standard InChI is InChI=1S/C122H139BN4/c1-112(2,3)76-46-42-74(43-47-76)90-65-82(118(19,20)21)67-95(87-56-50-81(117(16,17)18)69-98(87)122(31,32)33)110(90)126-105-72-85(124-101-40-36-34-38-88(101)89-39-35-37-41-102(89)124)54-58-99(105)123-100-59-55-86(125-103-60-52-79(115(10,11)12)63-93(103)94-64-80(116(13,14)15)53-61-104(94)125)73-106(100)127(108-71-84(120(25,26)27)70-107(126)109(108)123)111-91(75-44-48-77(49-45-75)113(4,5)6)66-83(119(22,23)24)68-96(111)92-62-78(114(7,8)9)51-57-97(92)121(28,29)30/h34-73H,1-33H3/i34D,35D,36D,37D,38D,39D,40D,41D,44D,45D,48D,49D,51D,57D,62D,66D,68D. The molecule has 13 aromatic carbocycles. The van der Waals surface area contributed by atoms with E-state index < -0.39 is 105 Å². The van der Waals surface area contributed by atoms with Crippen molar-refractivity contribution in [2.24, 2.45) is 0 Å². The molecule has 0 atom stereocenters. The molecule has 2 aliphatic rings. The van der Waals surface area contributed by atoms with Gasteiger partial charge in [0, 0.05) is 77.9 Å². The van der Waals surface area contributed by atoms with Gasteiger partial charge in [-0.2, -0.15) is 0 Å². The highest BCUT2D eigenvalue weighted by molar-refractivity contribution is 7.00. The summed E-state index contributed by atoms with van der Waals surface area (Å²) in [6.45, 7) is 68.6. The Labute approximate surface area is 786 Å². The van der Waals surface area contributed by atoms with Crippen molar-refractivity contribution in [3.8, 4) is 55.9 Å². The Morgan fingerprint density at radius 1 is 0.228 bits per heavy atom. The Balaban J connectivity index is 1.20. The fourth-order valence-electron chi connectivity index (χ4n) is 18.7. The summed E-state index contributed by atoms with van der Waals surface area (Å²) in [5.41, 5.74) is 11.7. The van der Waals surface area contributed by atoms with E-state index >= 15 is 0 Å². The van der Waals surface area contributed by atoms with E-state index in [1.165, 1.54) is 0 Å². The second kappa shape index (κ2) is 29.9. The van der Waals surface area contributed by atoms with Crippen LogP contribution in [-0.4, -0.2) is 15.8 Å². The minimum atomic E-state index is -1.15. The molecule has 17 rings (SSSR count). The summed E-state index contributed by atoms with van der Waals surface area (Å²) in [5, 5.41) is 1.84. The molecule has 0 aliphatic carbocycles. The number of rotatable bonds is 8. The van der Waals surface area contributed by atoms with Crippen molar-refractivity contribution < 1.29 is 23.3 Å². The zero-order chi connectivity index (χ0) is 106. The number of aromatic nitrogens is 2. The van der Waals surface area contributed by atoms with Gasteiger partial charge in [-0.15, -0.1) is 0 Å². The summed E-state index contributed by atoms with van der Waals surface area (Å²) in [5.74, 6) is 0. The van der Waals surface area contributed by atoms with Crippen molar-refractivity contribution in [1.29, 1.82) is 0 Å². The monoisotopic (exact) mass is 1690 g/mol. The number of anilines is 6. The van der Waals surface area contributed by atoms with Crippen molar-refractivity contribution in [1.82, 2.24) is 9.13 Å². The summed E-state index contributed by atoms with van der Waals surface area (Å²) >= 11 is 0. The predicted molar refractivity (Wildman–Crippen MR) is 557 cm³/mol. The van der Waals surface area contributed by atoms with Crippen LogP contribution >= 0.6 is 0 Å². The van der Waals surface area contributed by atoms with Gasteiger partial charge < -0.3 is 18.9 Å². The van der Waals surface area contributed by atoms with Gasteiger partial charge >= 0.3 is 0 Å². The molecule has 0 unspecified atom stereocenters. The molecule has 0 N–H and O–H groups in total. The van der Waals surface area contributed by atoms with E-state index in [-0.39, 0.29) is 136 Å². The Bertz CT molecular complexity index is 7850. The molecule has 0 spiro atoms. The summed E-state index contributed by atoms with van der Waals surface area (Å²) in [7, 11) is 0. The van der Waals surface area contributed by atoms with Crippen LogP contribution in [0.15, 0.2) is 242 Å². The number of hydrogen-bond acceptors (Lipinski definition) is 2. The van der Waals surface area contributed by atoms with Gasteiger partial charge in [-0.05, 0) is 256 Å². The molecule has 0 fully saturated rings. The first-order valence-corrected chi connectivity index (χ1v) is 45.6. The second-order valence-electron chi connectivity index (χ2n) is 47.6. The molecule has 4 nitrogen and oxygen atoms in total. The highest BCUT2D eigenvalue weighted by atomic mass is 15.2. The molecule has 2 aromatic heterocycles. The average molecular weight is 1690 g/mol. The third-order valence-electron chi connectivity index (χ3n) is 26.3. The average Bonchev–Trinajstić information content (AvgIpc) is 0.777. The Morgan fingerprint density at radius 2 is 0.614 bits per heavy atom. The van der Waals surface area contributed by atoms with E-state index in [0.717, 1.165) is 83.0 Å². The molecule has 127 heavy (non-hydrogen) atoms. The third kappa shape index (κ3) is 15.6. The molecule has 15 aromatic rings. The Morgan fingerprint density at radius 3 is 1.07 bits per heavy atom. The lowest BCUT2D eigenvalue weighted by atomic mass is 9.33. The lowest BCUT2D eigenvalue weighted by molar-refractivity contribution is 0.569. The molecule has 0 saturated carbocycles. The first kappa shape index (κ1) is 69.2. The van der Waals surface area contributed by atoms with Crippen molar-refractivity contribution in [2.75, 3.05) is 9.80 Å². The predicted octanol–water partition coefficient (Wildman–Crippen LogP) is 32.9. The summed E-state index contributed by atoms with van der Waals surface area (Å²) < 4.78 is 181. The fraction of sp³-hybridized carbons (Fsp3) is 0.361. The minimum Gasteiger partial charge on any atom is -0.310 e. The van der Waals surface area contributed by atoms with Crippen LogP contribution in [0.3, 0.4) is 0 Å². The molecule has 2 aliphatic heterocycles. The SMILES string of the molecule is [2H]c1c([2H])c(C(C)(C)C)c([2H])c([2H])c1-c1c([2H])c(C(C)(C)C)c([2H])c(-c2c([2H])c(C(C)(C)C)c([2H])c([2H])c2C(C)(C)C)c1N1c2cc(-n3c4ccc(C(C)(C)C)cc4c4cc(C(C)(C)C)ccc43)ccc2B2c3ccc(-n4c5c([2H])c([2H])c([2H])c([2H])c5c5c([2H])c([2H])c([2H])c([2H])c54)cc3N(c3c(-c4ccc(C(C)(C)C)cc4)cc(C(C)(C)C)cc3-c3ccc(C(C)(C)C)cc3C(C)(C)C)c3cc(C(C)(C)C)cc1c32. The van der Waals surface area contributed by atoms with E-state index in [9.17, 15) is 23.3 Å². The minimum absolute atomic E-state index is 0.0621. The van der Waals surface area contributed by atoms with Crippen molar-refractivity contribution >= 4 is 101 Å². The van der Waals surface area contributed by atoms with Gasteiger partial charge in [0.2, 0.25) is 0 Å². The van der Waals surface area contributed by atoms with Crippen LogP contribution in [0.5, 0.6) is 0 Å². The van der Waals surface area contributed by atoms with E-state index in [1.54, 1.807) is 4.57 Å². The number of nitrogens with zero attached hydrogens (tertiary/aromatic N) is 4. The fourth-order valence-corrected chi connectivity index (χ4v) is 18.7. The molecule has 0 bridgehead atoms. The first-order chi connectivity index (χ1) is 66.1. The van der Waals surface area contributed by atoms with Crippen molar-refractivity contribution in [3.63, 3.8) is 0 Å². The highest BCUT2D eigenvalue weighted by Crippen LogP contribution is 2.58. The number of benzene rings is 13. The molecule has 650 valence electrons. The number of hydrogen-bond donors (Lipinski definition) is 0. The smallest absolute Gasteiger partial charge is 0.252 e.